The summed E-state index contributed by atoms with van der Waals surface area (Å²) in [6.45, 7) is 5.78. The van der Waals surface area contributed by atoms with E-state index in [1.54, 1.807) is 37.4 Å². The molecule has 1 aliphatic heterocycles. The van der Waals surface area contributed by atoms with Crippen LogP contribution in [0.15, 0.2) is 52.9 Å². The second kappa shape index (κ2) is 12.1. The first kappa shape index (κ1) is 25.7. The molecule has 1 N–H and O–H groups in total. The van der Waals surface area contributed by atoms with Crippen molar-refractivity contribution < 1.29 is 23.5 Å². The van der Waals surface area contributed by atoms with Gasteiger partial charge in [0, 0.05) is 49.8 Å². The van der Waals surface area contributed by atoms with E-state index in [2.05, 4.69) is 17.3 Å². The van der Waals surface area contributed by atoms with Crippen molar-refractivity contribution in [2.75, 3.05) is 52.3 Å². The van der Waals surface area contributed by atoms with Crippen molar-refractivity contribution in [3.8, 4) is 5.75 Å². The number of amides is 2. The topological polar surface area (TPSA) is 84.3 Å². The monoisotopic (exact) mass is 493 g/mol. The first-order valence-corrected chi connectivity index (χ1v) is 12.6. The van der Waals surface area contributed by atoms with E-state index in [1.165, 1.54) is 0 Å². The van der Waals surface area contributed by atoms with Gasteiger partial charge in [-0.1, -0.05) is 18.2 Å². The van der Waals surface area contributed by atoms with E-state index in [0.717, 1.165) is 39.0 Å². The Bertz CT molecular complexity index is 1180. The van der Waals surface area contributed by atoms with Crippen molar-refractivity contribution in [2.45, 2.75) is 32.2 Å². The number of likely N-dealkylation sites (tertiary alicyclic amines) is 1. The van der Waals surface area contributed by atoms with E-state index in [1.807, 2.05) is 30.0 Å². The predicted molar refractivity (Wildman–Crippen MR) is 140 cm³/mol. The first-order valence-electron chi connectivity index (χ1n) is 12.6. The molecule has 0 saturated carbocycles. The summed E-state index contributed by atoms with van der Waals surface area (Å²) in [5, 5.41) is 3.62. The van der Waals surface area contributed by atoms with Crippen molar-refractivity contribution in [1.29, 1.82) is 0 Å². The average Bonchev–Trinajstić information content (AvgIpc) is 3.28. The van der Waals surface area contributed by atoms with Crippen LogP contribution in [-0.2, 0) is 4.74 Å². The van der Waals surface area contributed by atoms with Gasteiger partial charge in [-0.15, -0.1) is 0 Å². The number of furan rings is 1. The van der Waals surface area contributed by atoms with Gasteiger partial charge in [0.2, 0.25) is 5.76 Å². The summed E-state index contributed by atoms with van der Waals surface area (Å²) in [5.74, 6) is 0.212. The molecule has 0 bridgehead atoms. The van der Waals surface area contributed by atoms with Gasteiger partial charge in [0.25, 0.3) is 11.8 Å². The Balaban J connectivity index is 1.47. The third-order valence-corrected chi connectivity index (χ3v) is 6.74. The lowest BCUT2D eigenvalue weighted by Gasteiger charge is -2.36. The SMILES string of the molecule is CCOCCCN(C)C1CCN(C(=O)c2oc3ccccc3c2NC(=O)c2cccc(OC)c2)CC1. The molecule has 4 rings (SSSR count). The maximum atomic E-state index is 13.6. The molecular weight excluding hydrogens is 458 g/mol. The molecule has 1 aromatic heterocycles. The molecule has 8 nitrogen and oxygen atoms in total. The zero-order chi connectivity index (χ0) is 25.5. The zero-order valence-corrected chi connectivity index (χ0v) is 21.3. The molecule has 0 unspecified atom stereocenters. The quantitative estimate of drug-likeness (QED) is 0.414. The highest BCUT2D eigenvalue weighted by molar-refractivity contribution is 6.14. The highest BCUT2D eigenvalue weighted by Gasteiger charge is 2.30. The van der Waals surface area contributed by atoms with Crippen molar-refractivity contribution in [2.24, 2.45) is 0 Å². The normalized spacial score (nSPS) is 14.4. The number of methoxy groups -OCH3 is 1. The molecule has 0 spiro atoms. The van der Waals surface area contributed by atoms with Crippen LogP contribution in [0.2, 0.25) is 0 Å². The van der Waals surface area contributed by atoms with Gasteiger partial charge in [0.1, 0.15) is 17.0 Å². The van der Waals surface area contributed by atoms with Crippen LogP contribution in [0, 0.1) is 0 Å². The summed E-state index contributed by atoms with van der Waals surface area (Å²) in [6, 6.07) is 14.7. The van der Waals surface area contributed by atoms with Gasteiger partial charge >= 0.3 is 0 Å². The fourth-order valence-electron chi connectivity index (χ4n) is 4.67. The van der Waals surface area contributed by atoms with Crippen LogP contribution in [0.5, 0.6) is 5.75 Å². The molecule has 1 aliphatic rings. The number of rotatable bonds is 10. The van der Waals surface area contributed by atoms with Crippen LogP contribution in [0.1, 0.15) is 47.1 Å². The number of nitrogens with zero attached hydrogens (tertiary/aromatic N) is 2. The second-order valence-corrected chi connectivity index (χ2v) is 9.04. The standard InChI is InChI=1S/C28H35N3O5/c1-4-35-18-8-15-30(2)21-13-16-31(17-14-21)28(33)26-25(23-11-5-6-12-24(23)36-26)29-27(32)20-9-7-10-22(19-20)34-3/h5-7,9-12,19,21H,4,8,13-18H2,1-3H3,(H,29,32). The van der Waals surface area contributed by atoms with Gasteiger partial charge in [0.15, 0.2) is 0 Å². The van der Waals surface area contributed by atoms with Crippen LogP contribution >= 0.6 is 0 Å². The predicted octanol–water partition coefficient (Wildman–Crippen LogP) is 4.66. The number of carbonyl (C=O) groups is 2. The molecule has 0 atom stereocenters. The van der Waals surface area contributed by atoms with Gasteiger partial charge < -0.3 is 29.0 Å². The summed E-state index contributed by atoms with van der Waals surface area (Å²) < 4.78 is 16.7. The maximum Gasteiger partial charge on any atom is 0.291 e. The van der Waals surface area contributed by atoms with Crippen LogP contribution in [-0.4, -0.2) is 74.7 Å². The molecule has 192 valence electrons. The van der Waals surface area contributed by atoms with E-state index >= 15 is 0 Å². The molecule has 2 heterocycles. The Hall–Kier alpha value is -3.36. The summed E-state index contributed by atoms with van der Waals surface area (Å²) in [6.07, 6.45) is 2.78. The van der Waals surface area contributed by atoms with Crippen LogP contribution in [0.3, 0.4) is 0 Å². The average molecular weight is 494 g/mol. The Kier molecular flexibility index (Phi) is 8.61. The smallest absolute Gasteiger partial charge is 0.291 e. The molecule has 0 aliphatic carbocycles. The maximum absolute atomic E-state index is 13.6. The van der Waals surface area contributed by atoms with Gasteiger partial charge in [-0.05, 0) is 63.6 Å². The molecule has 3 aromatic rings. The lowest BCUT2D eigenvalue weighted by atomic mass is 10.0. The zero-order valence-electron chi connectivity index (χ0n) is 21.3. The highest BCUT2D eigenvalue weighted by atomic mass is 16.5. The fraction of sp³-hybridized carbons (Fsp3) is 0.429. The Morgan fingerprint density at radius 2 is 1.92 bits per heavy atom. The van der Waals surface area contributed by atoms with Crippen LogP contribution in [0.25, 0.3) is 11.0 Å². The van der Waals surface area contributed by atoms with Crippen molar-refractivity contribution >= 4 is 28.5 Å². The van der Waals surface area contributed by atoms with Crippen molar-refractivity contribution in [1.82, 2.24) is 9.80 Å². The molecule has 8 heteroatoms. The van der Waals surface area contributed by atoms with E-state index in [9.17, 15) is 9.59 Å². The van der Waals surface area contributed by atoms with Gasteiger partial charge in [0.05, 0.1) is 7.11 Å². The highest BCUT2D eigenvalue weighted by Crippen LogP contribution is 2.33. The minimum Gasteiger partial charge on any atom is -0.497 e. The van der Waals surface area contributed by atoms with E-state index in [0.29, 0.717) is 47.1 Å². The number of para-hydroxylation sites is 1. The Morgan fingerprint density at radius 1 is 1.14 bits per heavy atom. The molecule has 2 amide bonds. The number of carbonyl (C=O) groups excluding carboxylic acids is 2. The van der Waals surface area contributed by atoms with E-state index < -0.39 is 0 Å². The third-order valence-electron chi connectivity index (χ3n) is 6.74. The van der Waals surface area contributed by atoms with Crippen molar-refractivity contribution in [3.63, 3.8) is 0 Å². The van der Waals surface area contributed by atoms with E-state index in [-0.39, 0.29) is 17.6 Å². The Labute approximate surface area is 212 Å². The van der Waals surface area contributed by atoms with Crippen LogP contribution < -0.4 is 10.1 Å². The van der Waals surface area contributed by atoms with Crippen LogP contribution in [0.4, 0.5) is 5.69 Å². The first-order chi connectivity index (χ1) is 17.5. The minimum atomic E-state index is -0.332. The lowest BCUT2D eigenvalue weighted by Crippen LogP contribution is -2.46. The second-order valence-electron chi connectivity index (χ2n) is 9.04. The number of hydrogen-bond acceptors (Lipinski definition) is 6. The van der Waals surface area contributed by atoms with Crippen molar-refractivity contribution in [3.05, 3.63) is 59.9 Å². The lowest BCUT2D eigenvalue weighted by molar-refractivity contribution is 0.0606. The number of nitrogens with one attached hydrogen (secondary N) is 1. The molecular formula is C28H35N3O5. The largest absolute Gasteiger partial charge is 0.497 e. The number of anilines is 1. The number of piperidine rings is 1. The fourth-order valence-corrected chi connectivity index (χ4v) is 4.67. The van der Waals surface area contributed by atoms with Gasteiger partial charge in [-0.3, -0.25) is 9.59 Å². The van der Waals surface area contributed by atoms with E-state index in [4.69, 9.17) is 13.9 Å². The molecule has 0 radical (unpaired) electrons. The molecule has 36 heavy (non-hydrogen) atoms. The number of fused-ring (bicyclic) bond motifs is 1. The number of hydrogen-bond donors (Lipinski definition) is 1. The third kappa shape index (κ3) is 5.88. The Morgan fingerprint density at radius 3 is 2.67 bits per heavy atom. The molecule has 1 fully saturated rings. The molecule has 2 aromatic carbocycles. The molecule has 1 saturated heterocycles. The summed E-state index contributed by atoms with van der Waals surface area (Å²) in [4.78, 5) is 30.8. The number of ether oxygens (including phenoxy) is 2. The summed E-state index contributed by atoms with van der Waals surface area (Å²) in [5.41, 5.74) is 1.40. The van der Waals surface area contributed by atoms with Gasteiger partial charge in [-0.25, -0.2) is 0 Å². The summed E-state index contributed by atoms with van der Waals surface area (Å²) in [7, 11) is 3.69. The summed E-state index contributed by atoms with van der Waals surface area (Å²) >= 11 is 0. The van der Waals surface area contributed by atoms with Gasteiger partial charge in [-0.2, -0.15) is 0 Å². The minimum absolute atomic E-state index is 0.163. The number of benzene rings is 2.